The van der Waals surface area contributed by atoms with Gasteiger partial charge in [-0.1, -0.05) is 55.0 Å². The minimum absolute atomic E-state index is 0.197. The van der Waals surface area contributed by atoms with Gasteiger partial charge in [-0.2, -0.15) is 0 Å². The quantitative estimate of drug-likeness (QED) is 0.642. The van der Waals surface area contributed by atoms with Gasteiger partial charge in [0.25, 0.3) is 0 Å². The summed E-state index contributed by atoms with van der Waals surface area (Å²) in [5.41, 5.74) is 3.20. The highest BCUT2D eigenvalue weighted by Crippen LogP contribution is 2.24. The molecule has 168 valence electrons. The molecule has 2 rings (SSSR count). The van der Waals surface area contributed by atoms with Crippen LogP contribution >= 0.6 is 0 Å². The molecule has 1 atom stereocenters. The Bertz CT molecular complexity index is 1040. The number of anilines is 1. The molecule has 0 unspecified atom stereocenters. The number of amides is 2. The summed E-state index contributed by atoms with van der Waals surface area (Å²) in [7, 11) is -2.22. The van der Waals surface area contributed by atoms with Crippen molar-refractivity contribution >= 4 is 27.5 Å². The van der Waals surface area contributed by atoms with Gasteiger partial charge in [-0.15, -0.1) is 0 Å². The average Bonchev–Trinajstić information content (AvgIpc) is 2.73. The van der Waals surface area contributed by atoms with Crippen LogP contribution < -0.4 is 9.62 Å². The molecule has 2 aromatic carbocycles. The lowest BCUT2D eigenvalue weighted by molar-refractivity contribution is -0.139. The van der Waals surface area contributed by atoms with Gasteiger partial charge in [-0.25, -0.2) is 8.42 Å². The summed E-state index contributed by atoms with van der Waals surface area (Å²) in [6, 6.07) is 14.0. The van der Waals surface area contributed by atoms with Crippen molar-refractivity contribution in [1.82, 2.24) is 10.2 Å². The molecule has 0 heterocycles. The van der Waals surface area contributed by atoms with Gasteiger partial charge in [-0.05, 0) is 37.5 Å². The maximum absolute atomic E-state index is 13.4. The van der Waals surface area contributed by atoms with E-state index in [1.165, 1.54) is 11.9 Å². The molecule has 8 heteroatoms. The van der Waals surface area contributed by atoms with Crippen molar-refractivity contribution in [3.8, 4) is 0 Å². The van der Waals surface area contributed by atoms with Gasteiger partial charge >= 0.3 is 0 Å². The molecule has 0 saturated carbocycles. The highest BCUT2D eigenvalue weighted by molar-refractivity contribution is 7.92. The molecule has 0 spiro atoms. The van der Waals surface area contributed by atoms with Crippen molar-refractivity contribution in [3.05, 3.63) is 65.2 Å². The normalized spacial score (nSPS) is 12.2. The summed E-state index contributed by atoms with van der Waals surface area (Å²) in [6.45, 7) is 5.33. The van der Waals surface area contributed by atoms with Gasteiger partial charge in [0, 0.05) is 13.6 Å². The lowest BCUT2D eigenvalue weighted by Crippen LogP contribution is -2.50. The number of likely N-dealkylation sites (N-methyl/N-ethyl adjacent to an activating group) is 1. The molecule has 0 aliphatic heterocycles. The highest BCUT2D eigenvalue weighted by Gasteiger charge is 2.30. The van der Waals surface area contributed by atoms with Crippen LogP contribution in [0.2, 0.25) is 0 Å². The minimum Gasteiger partial charge on any atom is -0.357 e. The maximum atomic E-state index is 13.4. The molecule has 0 aromatic heterocycles. The number of carbonyl (C=O) groups is 2. The number of nitrogens with zero attached hydrogens (tertiary/aromatic N) is 2. The Morgan fingerprint density at radius 2 is 1.77 bits per heavy atom. The van der Waals surface area contributed by atoms with Crippen molar-refractivity contribution in [2.45, 2.75) is 39.8 Å². The fourth-order valence-electron chi connectivity index (χ4n) is 3.45. The summed E-state index contributed by atoms with van der Waals surface area (Å²) in [5, 5.41) is 2.57. The highest BCUT2D eigenvalue weighted by atomic mass is 32.2. The lowest BCUT2D eigenvalue weighted by Gasteiger charge is -2.31. The van der Waals surface area contributed by atoms with E-state index in [1.807, 2.05) is 50.2 Å². The number of carbonyl (C=O) groups excluding carboxylic acids is 2. The SMILES string of the molecule is CCc1ccccc1N(CC(=O)N(Cc1cccc(C)c1)[C@@H](C)C(=O)NC)S(C)(=O)=O. The fraction of sp³-hybridized carbons (Fsp3) is 0.391. The molecule has 0 radical (unpaired) electrons. The Hall–Kier alpha value is -2.87. The van der Waals surface area contributed by atoms with E-state index in [9.17, 15) is 18.0 Å². The summed E-state index contributed by atoms with van der Waals surface area (Å²) in [4.78, 5) is 27.1. The van der Waals surface area contributed by atoms with Crippen LogP contribution in [0.1, 0.15) is 30.5 Å². The molecule has 1 N–H and O–H groups in total. The molecule has 31 heavy (non-hydrogen) atoms. The second-order valence-corrected chi connectivity index (χ2v) is 9.46. The van der Waals surface area contributed by atoms with E-state index in [2.05, 4.69) is 5.32 Å². The van der Waals surface area contributed by atoms with E-state index < -0.39 is 22.0 Å². The molecule has 0 fully saturated rings. The first kappa shape index (κ1) is 24.4. The van der Waals surface area contributed by atoms with Crippen LogP contribution in [0.15, 0.2) is 48.5 Å². The first-order chi connectivity index (χ1) is 14.6. The molecule has 2 aromatic rings. The van der Waals surface area contributed by atoms with Crippen LogP contribution in [-0.4, -0.2) is 51.0 Å². The lowest BCUT2D eigenvalue weighted by atomic mass is 10.1. The first-order valence-corrected chi connectivity index (χ1v) is 12.1. The van der Waals surface area contributed by atoms with E-state index in [4.69, 9.17) is 0 Å². The van der Waals surface area contributed by atoms with Gasteiger partial charge < -0.3 is 10.2 Å². The third-order valence-electron chi connectivity index (χ3n) is 5.17. The Balaban J connectivity index is 2.42. The number of rotatable bonds is 9. The predicted octanol–water partition coefficient (Wildman–Crippen LogP) is 2.49. The number of benzene rings is 2. The van der Waals surface area contributed by atoms with Gasteiger partial charge in [0.1, 0.15) is 12.6 Å². The average molecular weight is 446 g/mol. The van der Waals surface area contributed by atoms with E-state index in [1.54, 1.807) is 19.1 Å². The standard InChI is InChI=1S/C23H31N3O4S/c1-6-20-12-7-8-13-21(20)26(31(5,29)30)16-22(27)25(18(3)23(28)24-4)15-19-11-9-10-17(2)14-19/h7-14,18H,6,15-16H2,1-5H3,(H,24,28)/t18-/m0/s1. The Morgan fingerprint density at radius 1 is 1.10 bits per heavy atom. The Kier molecular flexibility index (Phi) is 8.21. The summed E-state index contributed by atoms with van der Waals surface area (Å²) in [6.07, 6.45) is 1.71. The van der Waals surface area contributed by atoms with Gasteiger partial charge in [0.05, 0.1) is 11.9 Å². The zero-order valence-corrected chi connectivity index (χ0v) is 19.6. The summed E-state index contributed by atoms with van der Waals surface area (Å²) in [5.74, 6) is -0.769. The monoisotopic (exact) mass is 445 g/mol. The number of hydrogen-bond acceptors (Lipinski definition) is 4. The molecule has 0 saturated heterocycles. The van der Waals surface area contributed by atoms with Crippen molar-refractivity contribution in [2.75, 3.05) is 24.2 Å². The number of sulfonamides is 1. The Labute approximate surface area is 185 Å². The maximum Gasteiger partial charge on any atom is 0.244 e. The third-order valence-corrected chi connectivity index (χ3v) is 6.30. The second kappa shape index (κ2) is 10.4. The third kappa shape index (κ3) is 6.30. The van der Waals surface area contributed by atoms with Crippen LogP contribution in [0.25, 0.3) is 0 Å². The van der Waals surface area contributed by atoms with Crippen molar-refractivity contribution < 1.29 is 18.0 Å². The number of para-hydroxylation sites is 1. The van der Waals surface area contributed by atoms with Gasteiger partial charge in [-0.3, -0.25) is 13.9 Å². The van der Waals surface area contributed by atoms with Gasteiger partial charge in [0.15, 0.2) is 0 Å². The number of aryl methyl sites for hydroxylation is 2. The van der Waals surface area contributed by atoms with Crippen LogP contribution in [0.3, 0.4) is 0 Å². The molecule has 0 aliphatic rings. The van der Waals surface area contributed by atoms with Gasteiger partial charge in [0.2, 0.25) is 21.8 Å². The molecular formula is C23H31N3O4S. The van der Waals surface area contributed by atoms with Crippen LogP contribution in [0.4, 0.5) is 5.69 Å². The van der Waals surface area contributed by atoms with Crippen LogP contribution in [-0.2, 0) is 32.6 Å². The first-order valence-electron chi connectivity index (χ1n) is 10.2. The molecule has 2 amide bonds. The van der Waals surface area contributed by atoms with Crippen molar-refractivity contribution in [1.29, 1.82) is 0 Å². The fourth-order valence-corrected chi connectivity index (χ4v) is 4.33. The largest absolute Gasteiger partial charge is 0.357 e. The van der Waals surface area contributed by atoms with Crippen LogP contribution in [0, 0.1) is 6.92 Å². The zero-order chi connectivity index (χ0) is 23.2. The van der Waals surface area contributed by atoms with Crippen molar-refractivity contribution in [2.24, 2.45) is 0 Å². The zero-order valence-electron chi connectivity index (χ0n) is 18.8. The van der Waals surface area contributed by atoms with E-state index in [0.717, 1.165) is 27.3 Å². The minimum atomic E-state index is -3.72. The van der Waals surface area contributed by atoms with Crippen molar-refractivity contribution in [3.63, 3.8) is 0 Å². The predicted molar refractivity (Wildman–Crippen MR) is 123 cm³/mol. The second-order valence-electron chi connectivity index (χ2n) is 7.55. The number of nitrogens with one attached hydrogen (secondary N) is 1. The Morgan fingerprint density at radius 3 is 2.35 bits per heavy atom. The van der Waals surface area contributed by atoms with E-state index in [0.29, 0.717) is 12.1 Å². The number of hydrogen-bond donors (Lipinski definition) is 1. The summed E-state index contributed by atoms with van der Waals surface area (Å²) >= 11 is 0. The molecule has 0 aliphatic carbocycles. The molecular weight excluding hydrogens is 414 g/mol. The summed E-state index contributed by atoms with van der Waals surface area (Å²) < 4.78 is 26.3. The van der Waals surface area contributed by atoms with E-state index in [-0.39, 0.29) is 19.0 Å². The molecule has 7 nitrogen and oxygen atoms in total. The topological polar surface area (TPSA) is 86.8 Å². The smallest absolute Gasteiger partial charge is 0.244 e. The molecule has 0 bridgehead atoms. The van der Waals surface area contributed by atoms with E-state index >= 15 is 0 Å². The van der Waals surface area contributed by atoms with Crippen LogP contribution in [0.5, 0.6) is 0 Å².